The average molecular weight is 276 g/mol. The molecule has 0 bridgehead atoms. The first-order valence-electron chi connectivity index (χ1n) is 5.81. The number of esters is 1. The fourth-order valence-corrected chi connectivity index (χ4v) is 1.40. The van der Waals surface area contributed by atoms with Gasteiger partial charge < -0.3 is 9.47 Å². The molecule has 0 aliphatic rings. The van der Waals surface area contributed by atoms with Gasteiger partial charge in [0.05, 0.1) is 6.61 Å². The lowest BCUT2D eigenvalue weighted by Gasteiger charge is -2.08. The van der Waals surface area contributed by atoms with E-state index in [-0.39, 0.29) is 6.61 Å². The maximum Gasteiger partial charge on any atom is 0.411 e. The highest BCUT2D eigenvalue weighted by atomic mass is 19.4. The van der Waals surface area contributed by atoms with E-state index in [1.807, 2.05) is 30.3 Å². The van der Waals surface area contributed by atoms with Crippen LogP contribution in [0.3, 0.4) is 0 Å². The van der Waals surface area contributed by atoms with Gasteiger partial charge in [0.15, 0.2) is 0 Å². The average Bonchev–Trinajstić information content (AvgIpc) is 2.34. The fourth-order valence-electron chi connectivity index (χ4n) is 1.40. The smallest absolute Gasteiger partial charge is 0.411 e. The summed E-state index contributed by atoms with van der Waals surface area (Å²) in [6.07, 6.45) is -3.06. The summed E-state index contributed by atoms with van der Waals surface area (Å²) in [6, 6.07) is 9.63. The summed E-state index contributed by atoms with van der Waals surface area (Å²) >= 11 is 0. The first kappa shape index (κ1) is 15.5. The van der Waals surface area contributed by atoms with Crippen molar-refractivity contribution in [1.29, 1.82) is 0 Å². The highest BCUT2D eigenvalue weighted by Gasteiger charge is 2.27. The summed E-state index contributed by atoms with van der Waals surface area (Å²) in [6.45, 7) is -1.94. The molecular weight excluding hydrogens is 261 g/mol. The molecule has 0 amide bonds. The van der Waals surface area contributed by atoms with Crippen molar-refractivity contribution in [3.8, 4) is 0 Å². The minimum atomic E-state index is -4.42. The van der Waals surface area contributed by atoms with Gasteiger partial charge >= 0.3 is 12.1 Å². The van der Waals surface area contributed by atoms with Crippen LogP contribution in [-0.2, 0) is 20.7 Å². The highest BCUT2D eigenvalue weighted by Crippen LogP contribution is 2.14. The number of hydrogen-bond acceptors (Lipinski definition) is 3. The summed E-state index contributed by atoms with van der Waals surface area (Å²) in [5, 5.41) is 0. The van der Waals surface area contributed by atoms with E-state index < -0.39 is 25.4 Å². The first-order chi connectivity index (χ1) is 8.97. The Kier molecular flexibility index (Phi) is 6.35. The molecule has 19 heavy (non-hydrogen) atoms. The Bertz CT molecular complexity index is 376. The van der Waals surface area contributed by atoms with Crippen LogP contribution in [0.2, 0.25) is 0 Å². The van der Waals surface area contributed by atoms with Crippen molar-refractivity contribution < 1.29 is 27.4 Å². The van der Waals surface area contributed by atoms with Gasteiger partial charge in [0, 0.05) is 0 Å². The van der Waals surface area contributed by atoms with Gasteiger partial charge in [0.1, 0.15) is 13.2 Å². The van der Waals surface area contributed by atoms with Crippen molar-refractivity contribution in [3.05, 3.63) is 35.9 Å². The lowest BCUT2D eigenvalue weighted by atomic mass is 10.1. The lowest BCUT2D eigenvalue weighted by Crippen LogP contribution is -2.21. The normalized spacial score (nSPS) is 11.3. The monoisotopic (exact) mass is 276 g/mol. The minimum absolute atomic E-state index is 0.170. The SMILES string of the molecule is O=C(COCC(F)(F)F)OCCCc1ccccc1. The summed E-state index contributed by atoms with van der Waals surface area (Å²) in [4.78, 5) is 11.0. The zero-order valence-electron chi connectivity index (χ0n) is 10.3. The molecule has 0 saturated heterocycles. The first-order valence-corrected chi connectivity index (χ1v) is 5.81. The van der Waals surface area contributed by atoms with Crippen LogP contribution in [0.4, 0.5) is 13.2 Å². The van der Waals surface area contributed by atoms with Crippen LogP contribution in [-0.4, -0.2) is 32.0 Å². The summed E-state index contributed by atoms with van der Waals surface area (Å²) in [5.41, 5.74) is 1.12. The third-order valence-corrected chi connectivity index (χ3v) is 2.20. The fraction of sp³-hybridized carbons (Fsp3) is 0.462. The van der Waals surface area contributed by atoms with Gasteiger partial charge in [0.25, 0.3) is 0 Å². The molecule has 0 aliphatic heterocycles. The molecular formula is C13H15F3O3. The molecule has 0 saturated carbocycles. The Morgan fingerprint density at radius 1 is 1.16 bits per heavy atom. The molecule has 0 unspecified atom stereocenters. The zero-order valence-corrected chi connectivity index (χ0v) is 10.3. The number of carbonyl (C=O) groups excluding carboxylic acids is 1. The van der Waals surface area contributed by atoms with Crippen LogP contribution in [0.15, 0.2) is 30.3 Å². The second-order valence-corrected chi connectivity index (χ2v) is 3.92. The van der Waals surface area contributed by atoms with Crippen molar-refractivity contribution in [3.63, 3.8) is 0 Å². The molecule has 106 valence electrons. The Balaban J connectivity index is 2.05. The third-order valence-electron chi connectivity index (χ3n) is 2.20. The van der Waals surface area contributed by atoms with E-state index in [9.17, 15) is 18.0 Å². The quantitative estimate of drug-likeness (QED) is 0.567. The number of halogens is 3. The molecule has 0 aliphatic carbocycles. The van der Waals surface area contributed by atoms with E-state index in [2.05, 4.69) is 4.74 Å². The molecule has 3 nitrogen and oxygen atoms in total. The number of hydrogen-bond donors (Lipinski definition) is 0. The minimum Gasteiger partial charge on any atom is -0.464 e. The van der Waals surface area contributed by atoms with Crippen LogP contribution in [0.1, 0.15) is 12.0 Å². The van der Waals surface area contributed by atoms with Crippen LogP contribution >= 0.6 is 0 Å². The Labute approximate surface area is 109 Å². The number of aryl methyl sites for hydroxylation is 1. The van der Waals surface area contributed by atoms with Crippen LogP contribution in [0, 0.1) is 0 Å². The van der Waals surface area contributed by atoms with E-state index >= 15 is 0 Å². The van der Waals surface area contributed by atoms with E-state index in [4.69, 9.17) is 4.74 Å². The van der Waals surface area contributed by atoms with Crippen molar-refractivity contribution in [2.24, 2.45) is 0 Å². The largest absolute Gasteiger partial charge is 0.464 e. The van der Waals surface area contributed by atoms with Gasteiger partial charge in [-0.25, -0.2) is 4.79 Å². The number of ether oxygens (including phenoxy) is 2. The molecule has 0 radical (unpaired) electrons. The number of carbonyl (C=O) groups is 1. The van der Waals surface area contributed by atoms with E-state index in [0.717, 1.165) is 12.0 Å². The van der Waals surface area contributed by atoms with Gasteiger partial charge in [-0.05, 0) is 18.4 Å². The van der Waals surface area contributed by atoms with Crippen molar-refractivity contribution in [1.82, 2.24) is 0 Å². The van der Waals surface area contributed by atoms with Gasteiger partial charge in [-0.15, -0.1) is 0 Å². The molecule has 0 atom stereocenters. The van der Waals surface area contributed by atoms with Crippen LogP contribution in [0.25, 0.3) is 0 Å². The number of benzene rings is 1. The molecule has 0 N–H and O–H groups in total. The Morgan fingerprint density at radius 2 is 1.84 bits per heavy atom. The standard InChI is InChI=1S/C13H15F3O3/c14-13(15,16)10-18-9-12(17)19-8-4-7-11-5-2-1-3-6-11/h1-3,5-6H,4,7-10H2. The molecule has 1 aromatic rings. The van der Waals surface area contributed by atoms with E-state index in [0.29, 0.717) is 6.42 Å². The van der Waals surface area contributed by atoms with Gasteiger partial charge in [-0.3, -0.25) is 0 Å². The molecule has 1 aromatic carbocycles. The second kappa shape index (κ2) is 7.78. The van der Waals surface area contributed by atoms with Crippen molar-refractivity contribution in [2.45, 2.75) is 19.0 Å². The highest BCUT2D eigenvalue weighted by molar-refractivity contribution is 5.70. The van der Waals surface area contributed by atoms with Gasteiger partial charge in [0.2, 0.25) is 0 Å². The Hall–Kier alpha value is -1.56. The van der Waals surface area contributed by atoms with E-state index in [1.54, 1.807) is 0 Å². The summed E-state index contributed by atoms with van der Waals surface area (Å²) in [7, 11) is 0. The molecule has 0 fully saturated rings. The molecule has 0 aromatic heterocycles. The number of alkyl halides is 3. The van der Waals surface area contributed by atoms with Gasteiger partial charge in [-0.2, -0.15) is 13.2 Å². The third kappa shape index (κ3) is 8.20. The zero-order chi connectivity index (χ0) is 14.1. The Morgan fingerprint density at radius 3 is 2.47 bits per heavy atom. The van der Waals surface area contributed by atoms with Gasteiger partial charge in [-0.1, -0.05) is 30.3 Å². The van der Waals surface area contributed by atoms with Crippen LogP contribution in [0.5, 0.6) is 0 Å². The predicted molar refractivity (Wildman–Crippen MR) is 62.6 cm³/mol. The second-order valence-electron chi connectivity index (χ2n) is 3.92. The molecule has 1 rings (SSSR count). The molecule has 0 spiro atoms. The van der Waals surface area contributed by atoms with Crippen LogP contribution < -0.4 is 0 Å². The lowest BCUT2D eigenvalue weighted by molar-refractivity contribution is -0.181. The number of rotatable bonds is 7. The topological polar surface area (TPSA) is 35.5 Å². The van der Waals surface area contributed by atoms with E-state index in [1.165, 1.54) is 0 Å². The van der Waals surface area contributed by atoms with Crippen molar-refractivity contribution >= 4 is 5.97 Å². The molecule has 0 heterocycles. The predicted octanol–water partition coefficient (Wildman–Crippen LogP) is 2.74. The summed E-state index contributed by atoms with van der Waals surface area (Å²) < 4.78 is 44.1. The summed E-state index contributed by atoms with van der Waals surface area (Å²) in [5.74, 6) is -0.780. The maximum absolute atomic E-state index is 11.7. The van der Waals surface area contributed by atoms with Crippen molar-refractivity contribution in [2.75, 3.05) is 19.8 Å². The molecule has 6 heteroatoms. The maximum atomic E-state index is 11.7.